The van der Waals surface area contributed by atoms with E-state index < -0.39 is 0 Å². The SMILES string of the molecule is CC(C)c1nc(C2CSCCO2)sc1CN. The zero-order valence-electron chi connectivity index (χ0n) is 9.73. The van der Waals surface area contributed by atoms with Gasteiger partial charge in [0.05, 0.1) is 12.3 Å². The van der Waals surface area contributed by atoms with Crippen molar-refractivity contribution in [3.63, 3.8) is 0 Å². The lowest BCUT2D eigenvalue weighted by Crippen LogP contribution is -2.15. The van der Waals surface area contributed by atoms with Crippen molar-refractivity contribution in [3.05, 3.63) is 15.6 Å². The van der Waals surface area contributed by atoms with Crippen LogP contribution in [0.2, 0.25) is 0 Å². The first-order chi connectivity index (χ1) is 7.72. The number of hydrogen-bond acceptors (Lipinski definition) is 5. The maximum Gasteiger partial charge on any atom is 0.123 e. The second kappa shape index (κ2) is 5.49. The lowest BCUT2D eigenvalue weighted by Gasteiger charge is -2.19. The smallest absolute Gasteiger partial charge is 0.123 e. The molecule has 16 heavy (non-hydrogen) atoms. The minimum atomic E-state index is 0.182. The molecule has 2 rings (SSSR count). The summed E-state index contributed by atoms with van der Waals surface area (Å²) in [5.41, 5.74) is 6.91. The largest absolute Gasteiger partial charge is 0.369 e. The third-order valence-electron chi connectivity index (χ3n) is 2.57. The molecular formula is C11H18N2OS2. The van der Waals surface area contributed by atoms with Crippen molar-refractivity contribution in [1.82, 2.24) is 4.98 Å². The van der Waals surface area contributed by atoms with Crippen LogP contribution >= 0.6 is 23.1 Å². The van der Waals surface area contributed by atoms with Gasteiger partial charge in [-0.2, -0.15) is 11.8 Å². The molecule has 1 fully saturated rings. The van der Waals surface area contributed by atoms with E-state index in [0.29, 0.717) is 12.5 Å². The molecule has 0 amide bonds. The molecule has 0 aliphatic carbocycles. The monoisotopic (exact) mass is 258 g/mol. The van der Waals surface area contributed by atoms with Crippen molar-refractivity contribution in [2.75, 3.05) is 18.1 Å². The van der Waals surface area contributed by atoms with Gasteiger partial charge >= 0.3 is 0 Å². The van der Waals surface area contributed by atoms with Crippen LogP contribution < -0.4 is 5.73 Å². The minimum Gasteiger partial charge on any atom is -0.369 e. The van der Waals surface area contributed by atoms with Crippen molar-refractivity contribution >= 4 is 23.1 Å². The van der Waals surface area contributed by atoms with Gasteiger partial charge in [0.1, 0.15) is 11.1 Å². The Hall–Kier alpha value is -0.100. The predicted octanol–water partition coefficient (Wildman–Crippen LogP) is 2.53. The highest BCUT2D eigenvalue weighted by Gasteiger charge is 2.22. The molecule has 0 radical (unpaired) electrons. The van der Waals surface area contributed by atoms with Gasteiger partial charge in [-0.1, -0.05) is 13.8 Å². The van der Waals surface area contributed by atoms with Crippen LogP contribution in [0.5, 0.6) is 0 Å². The summed E-state index contributed by atoms with van der Waals surface area (Å²) in [5, 5.41) is 1.11. The number of ether oxygens (including phenoxy) is 1. The van der Waals surface area contributed by atoms with Gasteiger partial charge < -0.3 is 10.5 Å². The molecular weight excluding hydrogens is 240 g/mol. The van der Waals surface area contributed by atoms with Gasteiger partial charge in [0, 0.05) is 22.9 Å². The Kier molecular flexibility index (Phi) is 4.24. The number of nitrogens with zero attached hydrogens (tertiary/aromatic N) is 1. The van der Waals surface area contributed by atoms with E-state index in [1.165, 1.54) is 4.88 Å². The summed E-state index contributed by atoms with van der Waals surface area (Å²) in [5.74, 6) is 2.57. The summed E-state index contributed by atoms with van der Waals surface area (Å²) >= 11 is 3.66. The van der Waals surface area contributed by atoms with Crippen molar-refractivity contribution in [3.8, 4) is 0 Å². The third kappa shape index (κ3) is 2.59. The normalized spacial score (nSPS) is 21.6. The molecule has 1 unspecified atom stereocenters. The third-order valence-corrected chi connectivity index (χ3v) is 4.75. The molecule has 0 spiro atoms. The Balaban J connectivity index is 2.20. The number of rotatable bonds is 3. The van der Waals surface area contributed by atoms with Crippen LogP contribution in [0.25, 0.3) is 0 Å². The van der Waals surface area contributed by atoms with Crippen molar-refractivity contribution in [2.45, 2.75) is 32.4 Å². The molecule has 0 aromatic carbocycles. The van der Waals surface area contributed by atoms with Gasteiger partial charge in [-0.25, -0.2) is 4.98 Å². The lowest BCUT2D eigenvalue weighted by molar-refractivity contribution is 0.0754. The van der Waals surface area contributed by atoms with Gasteiger partial charge in [0.2, 0.25) is 0 Å². The first kappa shape index (κ1) is 12.4. The first-order valence-corrected chi connectivity index (χ1v) is 7.58. The molecule has 1 aliphatic rings. The molecule has 90 valence electrons. The van der Waals surface area contributed by atoms with Crippen LogP contribution in [-0.2, 0) is 11.3 Å². The molecule has 1 atom stereocenters. The van der Waals surface area contributed by atoms with Crippen LogP contribution in [0.1, 0.15) is 41.4 Å². The molecule has 2 heterocycles. The minimum absolute atomic E-state index is 0.182. The Morgan fingerprint density at radius 1 is 1.56 bits per heavy atom. The molecule has 1 aromatic rings. The quantitative estimate of drug-likeness (QED) is 0.905. The standard InChI is InChI=1S/C11H18N2OS2/c1-7(2)10-9(5-12)16-11(13-10)8-6-15-4-3-14-8/h7-8H,3-6,12H2,1-2H3. The highest BCUT2D eigenvalue weighted by atomic mass is 32.2. The number of thiazole rings is 1. The van der Waals surface area contributed by atoms with Crippen molar-refractivity contribution < 1.29 is 4.74 Å². The maximum absolute atomic E-state index is 5.76. The first-order valence-electron chi connectivity index (χ1n) is 5.61. The Morgan fingerprint density at radius 3 is 2.88 bits per heavy atom. The van der Waals surface area contributed by atoms with Crippen molar-refractivity contribution in [1.29, 1.82) is 0 Å². The van der Waals surface area contributed by atoms with Crippen LogP contribution in [0, 0.1) is 0 Å². The summed E-state index contributed by atoms with van der Waals surface area (Å²) in [7, 11) is 0. The lowest BCUT2D eigenvalue weighted by atomic mass is 10.1. The van der Waals surface area contributed by atoms with Crippen LogP contribution in [0.15, 0.2) is 0 Å². The average molecular weight is 258 g/mol. The summed E-state index contributed by atoms with van der Waals surface area (Å²) in [6, 6.07) is 0. The number of thioether (sulfide) groups is 1. The molecule has 2 N–H and O–H groups in total. The highest BCUT2D eigenvalue weighted by Crippen LogP contribution is 2.33. The fourth-order valence-electron chi connectivity index (χ4n) is 1.75. The van der Waals surface area contributed by atoms with E-state index in [1.54, 1.807) is 11.3 Å². The van der Waals surface area contributed by atoms with E-state index in [4.69, 9.17) is 15.5 Å². The average Bonchev–Trinajstić information content (AvgIpc) is 2.74. The van der Waals surface area contributed by atoms with E-state index in [9.17, 15) is 0 Å². The topological polar surface area (TPSA) is 48.1 Å². The summed E-state index contributed by atoms with van der Waals surface area (Å²) in [6.45, 7) is 5.75. The Labute approximate surface area is 105 Å². The molecule has 3 nitrogen and oxygen atoms in total. The molecule has 0 bridgehead atoms. The van der Waals surface area contributed by atoms with Gasteiger partial charge in [-0.15, -0.1) is 11.3 Å². The van der Waals surface area contributed by atoms with E-state index in [0.717, 1.165) is 28.8 Å². The van der Waals surface area contributed by atoms with E-state index >= 15 is 0 Å². The maximum atomic E-state index is 5.76. The molecule has 1 saturated heterocycles. The zero-order valence-corrected chi connectivity index (χ0v) is 11.4. The van der Waals surface area contributed by atoms with Crippen LogP contribution in [0.3, 0.4) is 0 Å². The van der Waals surface area contributed by atoms with Gasteiger partial charge in [-0.3, -0.25) is 0 Å². The fourth-order valence-corrected chi connectivity index (χ4v) is 3.85. The van der Waals surface area contributed by atoms with Gasteiger partial charge in [0.15, 0.2) is 0 Å². The predicted molar refractivity (Wildman–Crippen MR) is 70.1 cm³/mol. The zero-order chi connectivity index (χ0) is 11.5. The molecule has 1 aliphatic heterocycles. The molecule has 5 heteroatoms. The van der Waals surface area contributed by atoms with Crippen molar-refractivity contribution in [2.24, 2.45) is 5.73 Å². The molecule has 1 aromatic heterocycles. The number of aromatic nitrogens is 1. The second-order valence-corrected chi connectivity index (χ2v) is 6.42. The highest BCUT2D eigenvalue weighted by molar-refractivity contribution is 7.99. The van der Waals surface area contributed by atoms with Gasteiger partial charge in [0.25, 0.3) is 0 Å². The second-order valence-electron chi connectivity index (χ2n) is 4.15. The van der Waals surface area contributed by atoms with E-state index in [1.807, 2.05) is 11.8 Å². The van der Waals surface area contributed by atoms with Crippen LogP contribution in [0.4, 0.5) is 0 Å². The van der Waals surface area contributed by atoms with Crippen LogP contribution in [-0.4, -0.2) is 23.1 Å². The van der Waals surface area contributed by atoms with E-state index in [2.05, 4.69) is 13.8 Å². The fraction of sp³-hybridized carbons (Fsp3) is 0.727. The Morgan fingerprint density at radius 2 is 2.38 bits per heavy atom. The number of nitrogens with two attached hydrogens (primary N) is 1. The summed E-state index contributed by atoms with van der Waals surface area (Å²) < 4.78 is 5.74. The summed E-state index contributed by atoms with van der Waals surface area (Å²) in [4.78, 5) is 5.92. The van der Waals surface area contributed by atoms with Gasteiger partial charge in [-0.05, 0) is 5.92 Å². The molecule has 0 saturated carbocycles. The summed E-state index contributed by atoms with van der Waals surface area (Å²) in [6.07, 6.45) is 0.182. The van der Waals surface area contributed by atoms with E-state index in [-0.39, 0.29) is 6.10 Å². The number of hydrogen-bond donors (Lipinski definition) is 1. The Bertz CT molecular complexity index is 346.